The van der Waals surface area contributed by atoms with Crippen molar-refractivity contribution in [2.75, 3.05) is 25.9 Å². The van der Waals surface area contributed by atoms with E-state index in [0.29, 0.717) is 19.6 Å². The first-order valence-electron chi connectivity index (χ1n) is 8.72. The molecule has 6 heteroatoms. The number of hydrogen-bond donors (Lipinski definition) is 3. The van der Waals surface area contributed by atoms with E-state index in [0.717, 1.165) is 12.5 Å². The van der Waals surface area contributed by atoms with Crippen molar-refractivity contribution < 1.29 is 4.79 Å². The molecule has 0 radical (unpaired) electrons. The fourth-order valence-electron chi connectivity index (χ4n) is 2.11. The van der Waals surface area contributed by atoms with Crippen LogP contribution in [0.25, 0.3) is 0 Å². The second-order valence-corrected chi connectivity index (χ2v) is 7.79. The summed E-state index contributed by atoms with van der Waals surface area (Å²) in [5.74, 6) is 0.820. The maximum Gasteiger partial charge on any atom is 0.225 e. The fraction of sp³-hybridized carbons (Fsp3) is 0.579. The van der Waals surface area contributed by atoms with E-state index in [1.54, 1.807) is 11.8 Å². The van der Waals surface area contributed by atoms with Crippen molar-refractivity contribution in [3.05, 3.63) is 29.3 Å². The van der Waals surface area contributed by atoms with Gasteiger partial charge in [-0.15, -0.1) is 11.8 Å². The summed E-state index contributed by atoms with van der Waals surface area (Å²) in [5.41, 5.74) is 2.12. The van der Waals surface area contributed by atoms with Crippen molar-refractivity contribution in [1.29, 1.82) is 0 Å². The first-order valence-corrected chi connectivity index (χ1v) is 9.94. The fourth-order valence-corrected chi connectivity index (χ4v) is 2.81. The Kier molecular flexibility index (Phi) is 8.83. The van der Waals surface area contributed by atoms with Gasteiger partial charge in [0.05, 0.1) is 6.54 Å². The van der Waals surface area contributed by atoms with Gasteiger partial charge in [-0.3, -0.25) is 4.79 Å². The highest BCUT2D eigenvalue weighted by Gasteiger charge is 2.20. The lowest BCUT2D eigenvalue weighted by molar-refractivity contribution is -0.128. The Morgan fingerprint density at radius 1 is 1.16 bits per heavy atom. The number of guanidine groups is 1. The molecule has 1 aromatic carbocycles. The number of aryl methyl sites for hydroxylation is 1. The molecule has 0 fully saturated rings. The molecule has 0 unspecified atom stereocenters. The lowest BCUT2D eigenvalue weighted by Crippen LogP contribution is -2.43. The van der Waals surface area contributed by atoms with Gasteiger partial charge in [0.15, 0.2) is 5.96 Å². The molecular weight excluding hydrogens is 332 g/mol. The van der Waals surface area contributed by atoms with Crippen molar-refractivity contribution in [3.63, 3.8) is 0 Å². The molecular formula is C19H32N4OS. The van der Waals surface area contributed by atoms with E-state index in [1.165, 1.54) is 16.0 Å². The molecule has 0 bridgehead atoms. The van der Waals surface area contributed by atoms with E-state index in [2.05, 4.69) is 52.3 Å². The Labute approximate surface area is 156 Å². The zero-order chi connectivity index (χ0) is 18.9. The van der Waals surface area contributed by atoms with Crippen LogP contribution in [0.1, 0.15) is 38.8 Å². The largest absolute Gasteiger partial charge is 0.357 e. The topological polar surface area (TPSA) is 65.5 Å². The SMILES string of the molecule is CCNC(=NCc1ccc(C)cc1SC)NCCNC(=O)C(C)(C)C. The summed E-state index contributed by atoms with van der Waals surface area (Å²) in [5, 5.41) is 9.43. The Morgan fingerprint density at radius 2 is 1.84 bits per heavy atom. The molecule has 0 atom stereocenters. The van der Waals surface area contributed by atoms with Crippen LogP contribution in [0.15, 0.2) is 28.1 Å². The molecule has 1 aromatic rings. The van der Waals surface area contributed by atoms with E-state index in [4.69, 9.17) is 0 Å². The van der Waals surface area contributed by atoms with Gasteiger partial charge in [0.2, 0.25) is 5.91 Å². The van der Waals surface area contributed by atoms with Crippen molar-refractivity contribution >= 4 is 23.6 Å². The number of rotatable bonds is 7. The Balaban J connectivity index is 2.58. The third-order valence-corrected chi connectivity index (χ3v) is 4.40. The summed E-state index contributed by atoms with van der Waals surface area (Å²) >= 11 is 1.74. The Bertz CT molecular complexity index is 594. The molecule has 0 aliphatic heterocycles. The summed E-state index contributed by atoms with van der Waals surface area (Å²) in [4.78, 5) is 17.8. The van der Waals surface area contributed by atoms with Crippen molar-refractivity contribution in [1.82, 2.24) is 16.0 Å². The lowest BCUT2D eigenvalue weighted by Gasteiger charge is -2.18. The van der Waals surface area contributed by atoms with Crippen LogP contribution in [-0.4, -0.2) is 37.8 Å². The molecule has 1 rings (SSSR count). The predicted molar refractivity (Wildman–Crippen MR) is 108 cm³/mol. The minimum Gasteiger partial charge on any atom is -0.357 e. The number of thioether (sulfide) groups is 1. The molecule has 0 spiro atoms. The molecule has 140 valence electrons. The molecule has 25 heavy (non-hydrogen) atoms. The van der Waals surface area contributed by atoms with Crippen LogP contribution in [0.5, 0.6) is 0 Å². The molecule has 0 heterocycles. The van der Waals surface area contributed by atoms with Gasteiger partial charge in [-0.2, -0.15) is 0 Å². The molecule has 3 N–H and O–H groups in total. The van der Waals surface area contributed by atoms with E-state index in [-0.39, 0.29) is 11.3 Å². The third kappa shape index (κ3) is 7.82. The number of nitrogens with one attached hydrogen (secondary N) is 3. The number of aliphatic imine (C=N–C) groups is 1. The summed E-state index contributed by atoms with van der Waals surface area (Å²) < 4.78 is 0. The number of carbonyl (C=O) groups excluding carboxylic acids is 1. The van der Waals surface area contributed by atoms with E-state index in [9.17, 15) is 4.79 Å². The van der Waals surface area contributed by atoms with Crippen LogP contribution in [0.3, 0.4) is 0 Å². The number of amides is 1. The summed E-state index contributed by atoms with van der Waals surface area (Å²) in [7, 11) is 0. The molecule has 0 aliphatic carbocycles. The van der Waals surface area contributed by atoms with Crippen LogP contribution < -0.4 is 16.0 Å². The van der Waals surface area contributed by atoms with Gasteiger partial charge in [-0.05, 0) is 37.3 Å². The molecule has 0 aromatic heterocycles. The van der Waals surface area contributed by atoms with Crippen LogP contribution in [-0.2, 0) is 11.3 Å². The maximum atomic E-state index is 11.9. The summed E-state index contributed by atoms with van der Waals surface area (Å²) in [6.45, 7) is 12.5. The van der Waals surface area contributed by atoms with Crippen molar-refractivity contribution in [2.45, 2.75) is 46.1 Å². The highest BCUT2D eigenvalue weighted by Crippen LogP contribution is 2.22. The molecule has 1 amide bonds. The number of nitrogens with zero attached hydrogens (tertiary/aromatic N) is 1. The first kappa shape index (κ1) is 21.4. The molecule has 5 nitrogen and oxygen atoms in total. The van der Waals surface area contributed by atoms with Gasteiger partial charge in [0.25, 0.3) is 0 Å². The standard InChI is InChI=1S/C19H32N4OS/c1-7-20-18(22-11-10-21-17(24)19(3,4)5)23-13-15-9-8-14(2)12-16(15)25-6/h8-9,12H,7,10-11,13H2,1-6H3,(H,21,24)(H2,20,22,23). The second kappa shape index (κ2) is 10.3. The summed E-state index contributed by atoms with van der Waals surface area (Å²) in [6, 6.07) is 6.45. The van der Waals surface area contributed by atoms with Crippen LogP contribution in [0.2, 0.25) is 0 Å². The number of hydrogen-bond acceptors (Lipinski definition) is 3. The van der Waals surface area contributed by atoms with Gasteiger partial charge in [0.1, 0.15) is 0 Å². The van der Waals surface area contributed by atoms with Gasteiger partial charge in [-0.1, -0.05) is 32.9 Å². The lowest BCUT2D eigenvalue weighted by atomic mass is 9.96. The summed E-state index contributed by atoms with van der Waals surface area (Å²) in [6.07, 6.45) is 2.09. The van der Waals surface area contributed by atoms with Crippen LogP contribution in [0.4, 0.5) is 0 Å². The van der Waals surface area contributed by atoms with Crippen LogP contribution >= 0.6 is 11.8 Å². The van der Waals surface area contributed by atoms with Gasteiger partial charge in [-0.25, -0.2) is 4.99 Å². The zero-order valence-electron chi connectivity index (χ0n) is 16.3. The van der Waals surface area contributed by atoms with Crippen LogP contribution in [0, 0.1) is 12.3 Å². The second-order valence-electron chi connectivity index (χ2n) is 6.94. The normalized spacial score (nSPS) is 12.0. The van der Waals surface area contributed by atoms with E-state index in [1.807, 2.05) is 27.7 Å². The van der Waals surface area contributed by atoms with Crippen molar-refractivity contribution in [2.24, 2.45) is 10.4 Å². The predicted octanol–water partition coefficient (Wildman–Crippen LogP) is 2.93. The van der Waals surface area contributed by atoms with E-state index >= 15 is 0 Å². The quantitative estimate of drug-likeness (QED) is 0.301. The van der Waals surface area contributed by atoms with E-state index < -0.39 is 0 Å². The smallest absolute Gasteiger partial charge is 0.225 e. The van der Waals surface area contributed by atoms with Crippen molar-refractivity contribution in [3.8, 4) is 0 Å². The molecule has 0 saturated carbocycles. The average molecular weight is 365 g/mol. The van der Waals surface area contributed by atoms with Gasteiger partial charge in [0, 0.05) is 29.9 Å². The molecule has 0 aliphatic rings. The Hall–Kier alpha value is -1.69. The maximum absolute atomic E-state index is 11.9. The first-order chi connectivity index (χ1) is 11.8. The minimum atomic E-state index is -0.363. The zero-order valence-corrected chi connectivity index (χ0v) is 17.1. The molecule has 0 saturated heterocycles. The van der Waals surface area contributed by atoms with Gasteiger partial charge >= 0.3 is 0 Å². The monoisotopic (exact) mass is 364 g/mol. The third-order valence-electron chi connectivity index (χ3n) is 3.58. The average Bonchev–Trinajstić information content (AvgIpc) is 2.55. The number of benzene rings is 1. The number of carbonyl (C=O) groups is 1. The Morgan fingerprint density at radius 3 is 2.44 bits per heavy atom. The minimum absolute atomic E-state index is 0.0560. The van der Waals surface area contributed by atoms with Gasteiger partial charge < -0.3 is 16.0 Å². The highest BCUT2D eigenvalue weighted by atomic mass is 32.2. The highest BCUT2D eigenvalue weighted by molar-refractivity contribution is 7.98.